The van der Waals surface area contributed by atoms with Crippen LogP contribution >= 0.6 is 11.8 Å². The molecular formula is C19H25N3O2S. The minimum absolute atomic E-state index is 0.00431. The van der Waals surface area contributed by atoms with Crippen LogP contribution in [0.4, 0.5) is 5.69 Å². The first-order valence-electron chi connectivity index (χ1n) is 9.24. The van der Waals surface area contributed by atoms with Gasteiger partial charge in [-0.1, -0.05) is 0 Å². The maximum absolute atomic E-state index is 12.8. The number of anilines is 1. The summed E-state index contributed by atoms with van der Waals surface area (Å²) in [7, 11) is 0. The number of piperidine rings is 1. The predicted octanol–water partition coefficient (Wildman–Crippen LogP) is 2.72. The highest BCUT2D eigenvalue weighted by Gasteiger charge is 2.28. The van der Waals surface area contributed by atoms with Crippen LogP contribution in [-0.2, 0) is 4.79 Å². The predicted molar refractivity (Wildman–Crippen MR) is 100 cm³/mol. The third kappa shape index (κ3) is 3.85. The summed E-state index contributed by atoms with van der Waals surface area (Å²) in [5.41, 5.74) is 1.43. The smallest absolute Gasteiger partial charge is 0.253 e. The molecule has 1 aromatic rings. The monoisotopic (exact) mass is 359 g/mol. The number of carbonyl (C=O) groups is 2. The van der Waals surface area contributed by atoms with E-state index in [0.29, 0.717) is 11.6 Å². The molecule has 0 radical (unpaired) electrons. The number of nitrogens with one attached hydrogen (secondary N) is 2. The highest BCUT2D eigenvalue weighted by Crippen LogP contribution is 2.36. The van der Waals surface area contributed by atoms with E-state index in [1.165, 1.54) is 12.8 Å². The zero-order chi connectivity index (χ0) is 17.4. The molecule has 2 aliphatic heterocycles. The summed E-state index contributed by atoms with van der Waals surface area (Å²) >= 11 is 1.54. The van der Waals surface area contributed by atoms with E-state index < -0.39 is 0 Å². The average Bonchev–Trinajstić information content (AvgIpc) is 3.45. The molecule has 1 atom stereocenters. The van der Waals surface area contributed by atoms with Crippen molar-refractivity contribution in [1.82, 2.24) is 10.2 Å². The number of amides is 2. The second-order valence-electron chi connectivity index (χ2n) is 7.38. The minimum atomic E-state index is -0.0868. The van der Waals surface area contributed by atoms with Gasteiger partial charge in [-0.3, -0.25) is 9.59 Å². The summed E-state index contributed by atoms with van der Waals surface area (Å²) in [5.74, 6) is 0.969. The topological polar surface area (TPSA) is 61.4 Å². The minimum Gasteiger partial charge on any atom is -0.339 e. The van der Waals surface area contributed by atoms with Crippen LogP contribution in [0.3, 0.4) is 0 Å². The zero-order valence-corrected chi connectivity index (χ0v) is 15.4. The van der Waals surface area contributed by atoms with Gasteiger partial charge in [0.05, 0.1) is 10.9 Å². The van der Waals surface area contributed by atoms with E-state index in [1.807, 2.05) is 30.0 Å². The molecule has 4 rings (SSSR count). The first-order chi connectivity index (χ1) is 12.1. The van der Waals surface area contributed by atoms with Gasteiger partial charge in [-0.2, -0.15) is 0 Å². The van der Waals surface area contributed by atoms with Crippen molar-refractivity contribution in [3.05, 3.63) is 23.8 Å². The summed E-state index contributed by atoms with van der Waals surface area (Å²) in [6.45, 7) is 4.63. The number of benzene rings is 1. The van der Waals surface area contributed by atoms with Crippen molar-refractivity contribution in [2.45, 2.75) is 48.8 Å². The fourth-order valence-electron chi connectivity index (χ4n) is 3.47. The third-order valence-corrected chi connectivity index (χ3v) is 6.51. The lowest BCUT2D eigenvalue weighted by Crippen LogP contribution is -2.45. The van der Waals surface area contributed by atoms with Crippen LogP contribution in [0.5, 0.6) is 0 Å². The Balaban J connectivity index is 1.36. The van der Waals surface area contributed by atoms with Gasteiger partial charge in [0.1, 0.15) is 0 Å². The molecule has 1 saturated carbocycles. The highest BCUT2D eigenvalue weighted by atomic mass is 32.2. The van der Waals surface area contributed by atoms with E-state index in [-0.39, 0.29) is 17.1 Å². The van der Waals surface area contributed by atoms with Gasteiger partial charge < -0.3 is 15.5 Å². The first kappa shape index (κ1) is 16.9. The molecule has 2 N–H and O–H groups in total. The van der Waals surface area contributed by atoms with E-state index >= 15 is 0 Å². The van der Waals surface area contributed by atoms with Crippen LogP contribution in [0.2, 0.25) is 0 Å². The Bertz CT molecular complexity index is 681. The fourth-order valence-corrected chi connectivity index (χ4v) is 4.40. The molecule has 2 fully saturated rings. The van der Waals surface area contributed by atoms with Gasteiger partial charge in [0.25, 0.3) is 5.91 Å². The number of nitrogens with zero attached hydrogens (tertiary/aromatic N) is 1. The molecule has 0 spiro atoms. The molecule has 3 aliphatic rings. The summed E-state index contributed by atoms with van der Waals surface area (Å²) in [5, 5.41) is 6.47. The number of hydrogen-bond acceptors (Lipinski definition) is 4. The summed E-state index contributed by atoms with van der Waals surface area (Å²) in [4.78, 5) is 27.6. The molecule has 1 aromatic carbocycles. The lowest BCUT2D eigenvalue weighted by molar-refractivity contribution is -0.115. The molecule has 6 heteroatoms. The lowest BCUT2D eigenvalue weighted by Gasteiger charge is -2.33. The fraction of sp³-hybridized carbons (Fsp3) is 0.579. The number of hydrogen-bond donors (Lipinski definition) is 2. The van der Waals surface area contributed by atoms with E-state index in [1.54, 1.807) is 11.8 Å². The van der Waals surface area contributed by atoms with E-state index in [2.05, 4.69) is 10.6 Å². The Kier molecular flexibility index (Phi) is 4.73. The number of carbonyl (C=O) groups excluding carboxylic acids is 2. The van der Waals surface area contributed by atoms with Crippen molar-refractivity contribution in [2.24, 2.45) is 5.92 Å². The van der Waals surface area contributed by atoms with Crippen molar-refractivity contribution >= 4 is 29.3 Å². The van der Waals surface area contributed by atoms with Crippen LogP contribution in [0, 0.1) is 5.92 Å². The normalized spacial score (nSPS) is 24.0. The van der Waals surface area contributed by atoms with Crippen LogP contribution in [-0.4, -0.2) is 47.6 Å². The lowest BCUT2D eigenvalue weighted by atomic mass is 10.0. The van der Waals surface area contributed by atoms with Crippen molar-refractivity contribution in [3.63, 3.8) is 0 Å². The molecule has 2 amide bonds. The van der Waals surface area contributed by atoms with E-state index in [9.17, 15) is 9.59 Å². The standard InChI is InChI=1S/C19H25N3O2S/c1-12-18(23)21-16-10-14(4-5-17(16)25-12)19(24)22-8-6-15(7-9-22)20-11-13-2-3-13/h4-5,10,12-13,15,20H,2-3,6-9,11H2,1H3,(H,21,23). The van der Waals surface area contributed by atoms with Gasteiger partial charge in [-0.05, 0) is 63.3 Å². The molecular weight excluding hydrogens is 334 g/mol. The van der Waals surface area contributed by atoms with Crippen molar-refractivity contribution in [2.75, 3.05) is 25.0 Å². The summed E-state index contributed by atoms with van der Waals surface area (Å²) in [6.07, 6.45) is 4.79. The van der Waals surface area contributed by atoms with E-state index in [4.69, 9.17) is 0 Å². The van der Waals surface area contributed by atoms with Gasteiger partial charge in [-0.15, -0.1) is 11.8 Å². The van der Waals surface area contributed by atoms with E-state index in [0.717, 1.165) is 49.0 Å². The number of rotatable bonds is 4. The molecule has 2 heterocycles. The molecule has 0 bridgehead atoms. The Morgan fingerprint density at radius 3 is 2.76 bits per heavy atom. The van der Waals surface area contributed by atoms with Crippen LogP contribution < -0.4 is 10.6 Å². The Labute approximate surface area is 152 Å². The number of fused-ring (bicyclic) bond motifs is 1. The van der Waals surface area contributed by atoms with Gasteiger partial charge in [0.2, 0.25) is 5.91 Å². The zero-order valence-electron chi connectivity index (χ0n) is 14.6. The molecule has 5 nitrogen and oxygen atoms in total. The highest BCUT2D eigenvalue weighted by molar-refractivity contribution is 8.00. The van der Waals surface area contributed by atoms with Gasteiger partial charge in [0.15, 0.2) is 0 Å². The second kappa shape index (κ2) is 7.00. The largest absolute Gasteiger partial charge is 0.339 e. The quantitative estimate of drug-likeness (QED) is 0.868. The summed E-state index contributed by atoms with van der Waals surface area (Å²) < 4.78 is 0. The number of thioether (sulfide) groups is 1. The first-order valence-corrected chi connectivity index (χ1v) is 10.1. The maximum Gasteiger partial charge on any atom is 0.253 e. The Morgan fingerprint density at radius 1 is 1.28 bits per heavy atom. The van der Waals surface area contributed by atoms with Crippen LogP contribution in [0.1, 0.15) is 43.0 Å². The van der Waals surface area contributed by atoms with Gasteiger partial charge in [0, 0.05) is 29.6 Å². The molecule has 0 aromatic heterocycles. The Morgan fingerprint density at radius 2 is 2.04 bits per heavy atom. The second-order valence-corrected chi connectivity index (χ2v) is 8.76. The average molecular weight is 359 g/mol. The van der Waals surface area contributed by atoms with Crippen molar-refractivity contribution in [1.29, 1.82) is 0 Å². The van der Waals surface area contributed by atoms with Crippen LogP contribution in [0.25, 0.3) is 0 Å². The van der Waals surface area contributed by atoms with Gasteiger partial charge >= 0.3 is 0 Å². The third-order valence-electron chi connectivity index (χ3n) is 5.33. The molecule has 1 aliphatic carbocycles. The molecule has 25 heavy (non-hydrogen) atoms. The van der Waals surface area contributed by atoms with Crippen molar-refractivity contribution < 1.29 is 9.59 Å². The molecule has 1 unspecified atom stereocenters. The SMILES string of the molecule is CC1Sc2ccc(C(=O)N3CCC(NCC4CC4)CC3)cc2NC1=O. The molecule has 1 saturated heterocycles. The van der Waals surface area contributed by atoms with Gasteiger partial charge in [-0.25, -0.2) is 0 Å². The van der Waals surface area contributed by atoms with Crippen LogP contribution in [0.15, 0.2) is 23.1 Å². The molecule has 134 valence electrons. The Hall–Kier alpha value is -1.53. The summed E-state index contributed by atoms with van der Waals surface area (Å²) in [6, 6.07) is 6.21. The van der Waals surface area contributed by atoms with Crippen molar-refractivity contribution in [3.8, 4) is 0 Å². The number of likely N-dealkylation sites (tertiary alicyclic amines) is 1. The maximum atomic E-state index is 12.8.